The van der Waals surface area contributed by atoms with Crippen LogP contribution < -0.4 is 21.3 Å². The van der Waals surface area contributed by atoms with Gasteiger partial charge in [0.05, 0.1) is 32.3 Å². The van der Waals surface area contributed by atoms with E-state index < -0.39 is 79.8 Å². The van der Waals surface area contributed by atoms with Gasteiger partial charge in [0.25, 0.3) is 0 Å². The maximum atomic E-state index is 13.5. The lowest BCUT2D eigenvalue weighted by atomic mass is 9.93. The zero-order valence-electron chi connectivity index (χ0n) is 25.1. The third-order valence-electron chi connectivity index (χ3n) is 6.84. The Labute approximate surface area is 251 Å². The van der Waals surface area contributed by atoms with Crippen LogP contribution >= 0.6 is 0 Å². The molecule has 0 aliphatic carbocycles. The van der Waals surface area contributed by atoms with Crippen LogP contribution in [-0.2, 0) is 35.3 Å². The molecule has 0 aromatic heterocycles. The van der Waals surface area contributed by atoms with E-state index in [9.17, 15) is 38.6 Å². The van der Waals surface area contributed by atoms with Crippen molar-refractivity contribution in [2.75, 3.05) is 20.4 Å². The highest BCUT2D eigenvalue weighted by molar-refractivity contribution is 5.94. The number of hydrogen-bond donors (Lipinski definition) is 6. The molecule has 13 nitrogen and oxygen atoms in total. The number of esters is 1. The summed E-state index contributed by atoms with van der Waals surface area (Å²) in [4.78, 5) is 62.3. The van der Waals surface area contributed by atoms with Crippen LogP contribution in [0, 0.1) is 5.92 Å². The summed E-state index contributed by atoms with van der Waals surface area (Å²) in [6.07, 6.45) is -0.154. The molecule has 0 saturated heterocycles. The van der Waals surface area contributed by atoms with Gasteiger partial charge in [-0.15, -0.1) is 0 Å². The number of alkyl carbamates (subject to hydrolysis) is 1. The van der Waals surface area contributed by atoms with Crippen molar-refractivity contribution in [2.24, 2.45) is 5.92 Å². The first-order chi connectivity index (χ1) is 20.4. The Hall–Kier alpha value is -3.78. The predicted molar refractivity (Wildman–Crippen MR) is 154 cm³/mol. The Morgan fingerprint density at radius 1 is 0.907 bits per heavy atom. The molecule has 1 unspecified atom stereocenters. The van der Waals surface area contributed by atoms with Crippen LogP contribution in [0.2, 0.25) is 0 Å². The largest absolute Gasteiger partial charge is 0.469 e. The van der Waals surface area contributed by atoms with Crippen molar-refractivity contribution in [1.29, 1.82) is 0 Å². The van der Waals surface area contributed by atoms with E-state index in [0.717, 1.165) is 12.7 Å². The van der Waals surface area contributed by atoms with Crippen LogP contribution in [0.15, 0.2) is 30.3 Å². The average molecular weight is 613 g/mol. The fourth-order valence-corrected chi connectivity index (χ4v) is 4.14. The first-order valence-corrected chi connectivity index (χ1v) is 14.3. The zero-order valence-corrected chi connectivity index (χ0v) is 25.1. The van der Waals surface area contributed by atoms with Crippen molar-refractivity contribution >= 4 is 29.8 Å². The molecule has 242 valence electrons. The molecule has 0 saturated carbocycles. The molecule has 0 fully saturated rings. The number of aliphatic hydroxyl groups excluding tert-OH is 2. The molecule has 6 N–H and O–H groups in total. The lowest BCUT2D eigenvalue weighted by Gasteiger charge is -2.25. The SMILES string of the molecule is CCC(CCC[C@H](NC(=O)[C@H](CO)NC(=O)[C@H](C)NC(=O)OCc1ccccc1)C(=O)N[C@H](CF)CC(=O)OC)[C@@H](C)O. The summed E-state index contributed by atoms with van der Waals surface area (Å²) in [7, 11) is 1.13. The number of ether oxygens (including phenoxy) is 2. The molecule has 0 bridgehead atoms. The quantitative estimate of drug-likeness (QED) is 0.123. The van der Waals surface area contributed by atoms with Gasteiger partial charge in [-0.05, 0) is 38.2 Å². The third-order valence-corrected chi connectivity index (χ3v) is 6.84. The Bertz CT molecular complexity index is 1030. The van der Waals surface area contributed by atoms with Gasteiger partial charge in [0, 0.05) is 0 Å². The molecule has 0 aliphatic rings. The Morgan fingerprint density at radius 2 is 1.53 bits per heavy atom. The number of alkyl halides is 1. The van der Waals surface area contributed by atoms with E-state index in [1.165, 1.54) is 6.92 Å². The minimum absolute atomic E-state index is 0.0226. The van der Waals surface area contributed by atoms with E-state index in [-0.39, 0.29) is 18.9 Å². The topological polar surface area (TPSA) is 192 Å². The molecule has 0 spiro atoms. The molecular weight excluding hydrogens is 567 g/mol. The number of amides is 4. The van der Waals surface area contributed by atoms with Gasteiger partial charge in [0.2, 0.25) is 17.7 Å². The summed E-state index contributed by atoms with van der Waals surface area (Å²) in [6, 6.07) is 3.85. The van der Waals surface area contributed by atoms with Gasteiger partial charge >= 0.3 is 12.1 Å². The maximum absolute atomic E-state index is 13.5. The van der Waals surface area contributed by atoms with Crippen molar-refractivity contribution in [1.82, 2.24) is 21.3 Å². The van der Waals surface area contributed by atoms with Crippen LogP contribution in [-0.4, -0.2) is 90.7 Å². The normalized spacial score (nSPS) is 15.0. The summed E-state index contributed by atoms with van der Waals surface area (Å²) < 4.78 is 23.1. The smallest absolute Gasteiger partial charge is 0.408 e. The summed E-state index contributed by atoms with van der Waals surface area (Å²) >= 11 is 0. The number of hydrogen-bond acceptors (Lipinski definition) is 9. The van der Waals surface area contributed by atoms with Crippen molar-refractivity contribution in [3.8, 4) is 0 Å². The lowest BCUT2D eigenvalue weighted by Crippen LogP contribution is -2.58. The Balaban J connectivity index is 2.84. The standard InChI is InChI=1S/C29H45FN4O9/c1-5-21(19(3)36)12-9-13-23(27(39)32-22(15-30)14-25(37)42-4)33-28(40)24(16-35)34-26(38)18(2)31-29(41)43-17-20-10-7-6-8-11-20/h6-8,10-11,18-19,21-24,35-36H,5,9,12-17H2,1-4H3,(H,31,41)(H,32,39)(H,33,40)(H,34,38)/t18-,19+,21?,22-,23-,24-/m0/s1. The van der Waals surface area contributed by atoms with Crippen LogP contribution in [0.4, 0.5) is 9.18 Å². The van der Waals surface area contributed by atoms with E-state index >= 15 is 0 Å². The van der Waals surface area contributed by atoms with E-state index in [4.69, 9.17) is 4.74 Å². The van der Waals surface area contributed by atoms with E-state index in [1.807, 2.05) is 13.0 Å². The fraction of sp³-hybridized carbons (Fsp3) is 0.621. The number of nitrogens with one attached hydrogen (secondary N) is 4. The van der Waals surface area contributed by atoms with Gasteiger partial charge in [0.1, 0.15) is 31.4 Å². The summed E-state index contributed by atoms with van der Waals surface area (Å²) in [5.74, 6) is -3.26. The average Bonchev–Trinajstić information content (AvgIpc) is 2.99. The van der Waals surface area contributed by atoms with Gasteiger partial charge < -0.3 is 41.0 Å². The molecule has 0 heterocycles. The molecule has 1 aromatic carbocycles. The molecular formula is C29H45FN4O9. The Morgan fingerprint density at radius 3 is 2.09 bits per heavy atom. The number of aliphatic hydroxyl groups is 2. The van der Waals surface area contributed by atoms with Gasteiger partial charge in [-0.2, -0.15) is 0 Å². The van der Waals surface area contributed by atoms with Crippen molar-refractivity contribution in [3.05, 3.63) is 35.9 Å². The summed E-state index contributed by atoms with van der Waals surface area (Å²) in [5, 5.41) is 29.2. The minimum Gasteiger partial charge on any atom is -0.469 e. The van der Waals surface area contributed by atoms with Crippen molar-refractivity contribution in [2.45, 2.75) is 89.8 Å². The van der Waals surface area contributed by atoms with Crippen molar-refractivity contribution in [3.63, 3.8) is 0 Å². The molecule has 0 aliphatic heterocycles. The maximum Gasteiger partial charge on any atom is 0.408 e. The number of methoxy groups -OCH3 is 1. The summed E-state index contributed by atoms with van der Waals surface area (Å²) in [5.41, 5.74) is 0.740. The first-order valence-electron chi connectivity index (χ1n) is 14.3. The Kier molecular flexibility index (Phi) is 17.5. The van der Waals surface area contributed by atoms with Gasteiger partial charge in [-0.25, -0.2) is 9.18 Å². The number of rotatable bonds is 19. The van der Waals surface area contributed by atoms with Crippen molar-refractivity contribution < 1.29 is 48.0 Å². The predicted octanol–water partition coefficient (Wildman–Crippen LogP) is 0.858. The van der Waals surface area contributed by atoms with Crippen LogP contribution in [0.3, 0.4) is 0 Å². The number of carbonyl (C=O) groups is 5. The highest BCUT2D eigenvalue weighted by Gasteiger charge is 2.30. The van der Waals surface area contributed by atoms with E-state index in [2.05, 4.69) is 26.0 Å². The second-order valence-corrected chi connectivity index (χ2v) is 10.2. The molecule has 6 atom stereocenters. The van der Waals surface area contributed by atoms with Gasteiger partial charge in [-0.1, -0.05) is 50.1 Å². The third kappa shape index (κ3) is 14.3. The number of benzene rings is 1. The number of carbonyl (C=O) groups excluding carboxylic acids is 5. The lowest BCUT2D eigenvalue weighted by molar-refractivity contribution is -0.141. The first kappa shape index (κ1) is 37.2. The molecule has 4 amide bonds. The molecule has 1 aromatic rings. The van der Waals surface area contributed by atoms with Crippen LogP contribution in [0.1, 0.15) is 58.4 Å². The van der Waals surface area contributed by atoms with E-state index in [1.54, 1.807) is 31.2 Å². The fourth-order valence-electron chi connectivity index (χ4n) is 4.14. The van der Waals surface area contributed by atoms with Gasteiger partial charge in [-0.3, -0.25) is 19.2 Å². The molecule has 14 heteroatoms. The highest BCUT2D eigenvalue weighted by Crippen LogP contribution is 2.18. The van der Waals surface area contributed by atoms with Gasteiger partial charge in [0.15, 0.2) is 0 Å². The monoisotopic (exact) mass is 612 g/mol. The molecule has 43 heavy (non-hydrogen) atoms. The van der Waals surface area contributed by atoms with Crippen LogP contribution in [0.25, 0.3) is 0 Å². The van der Waals surface area contributed by atoms with E-state index in [0.29, 0.717) is 19.3 Å². The zero-order chi connectivity index (χ0) is 32.4. The minimum atomic E-state index is -1.49. The van der Waals surface area contributed by atoms with Crippen LogP contribution in [0.5, 0.6) is 0 Å². The number of halogens is 1. The molecule has 0 radical (unpaired) electrons. The second kappa shape index (κ2) is 20.2. The highest BCUT2D eigenvalue weighted by atomic mass is 19.1. The summed E-state index contributed by atoms with van der Waals surface area (Å²) in [6.45, 7) is 3.01. The molecule has 1 rings (SSSR count). The second-order valence-electron chi connectivity index (χ2n) is 10.2.